The summed E-state index contributed by atoms with van der Waals surface area (Å²) in [7, 11) is 0. The van der Waals surface area contributed by atoms with Gasteiger partial charge in [0.2, 0.25) is 0 Å². The molecule has 6 nitrogen and oxygen atoms in total. The third-order valence-electron chi connectivity index (χ3n) is 3.84. The number of Topliss-reactive ketones (excluding diaryl/α,β-unsaturated/α-hetero) is 1. The molecule has 0 spiro atoms. The Morgan fingerprint density at radius 3 is 2.60 bits per heavy atom. The number of ketones is 1. The Balaban J connectivity index is 2.50. The van der Waals surface area contributed by atoms with E-state index in [0.29, 0.717) is 15.4 Å². The molecule has 0 saturated heterocycles. The van der Waals surface area contributed by atoms with Crippen molar-refractivity contribution in [2.24, 2.45) is 5.73 Å². The average molecular weight is 377 g/mol. The van der Waals surface area contributed by atoms with E-state index in [0.717, 1.165) is 22.2 Å². The number of nitrogens with zero attached hydrogens (tertiary/aromatic N) is 3. The maximum absolute atomic E-state index is 12.9. The van der Waals surface area contributed by atoms with Gasteiger partial charge in [-0.2, -0.15) is 5.26 Å². The Kier molecular flexibility index (Phi) is 5.70. The van der Waals surface area contributed by atoms with Crippen molar-refractivity contribution in [3.63, 3.8) is 0 Å². The van der Waals surface area contributed by atoms with Crippen molar-refractivity contribution in [1.82, 2.24) is 9.55 Å². The van der Waals surface area contributed by atoms with Crippen molar-refractivity contribution in [2.45, 2.75) is 45.8 Å². The van der Waals surface area contributed by atoms with Crippen LogP contribution in [0.5, 0.6) is 0 Å². The molecule has 2 aromatic heterocycles. The number of nitrogens with two attached hydrogens (primary N) is 1. The number of rotatable bonds is 5. The molecule has 0 fully saturated rings. The first-order valence-electron chi connectivity index (χ1n) is 7.73. The number of aromatic nitrogens is 2. The van der Waals surface area contributed by atoms with Crippen LogP contribution in [0.25, 0.3) is 10.2 Å². The van der Waals surface area contributed by atoms with Crippen LogP contribution in [0.2, 0.25) is 0 Å². The summed E-state index contributed by atoms with van der Waals surface area (Å²) in [6.45, 7) is 9.21. The van der Waals surface area contributed by atoms with Crippen LogP contribution in [0, 0.1) is 25.2 Å². The molecule has 0 radical (unpaired) electrons. The molecule has 0 unspecified atom stereocenters. The van der Waals surface area contributed by atoms with Crippen LogP contribution >= 0.6 is 23.1 Å². The van der Waals surface area contributed by atoms with E-state index in [4.69, 9.17) is 11.0 Å². The van der Waals surface area contributed by atoms with Crippen molar-refractivity contribution in [1.29, 1.82) is 5.26 Å². The Morgan fingerprint density at radius 2 is 2.08 bits per heavy atom. The summed E-state index contributed by atoms with van der Waals surface area (Å²) in [5.74, 6) is -0.360. The first-order chi connectivity index (χ1) is 11.7. The predicted molar refractivity (Wildman–Crippen MR) is 102 cm³/mol. The van der Waals surface area contributed by atoms with E-state index in [1.54, 1.807) is 4.57 Å². The third kappa shape index (κ3) is 3.62. The predicted octanol–water partition coefficient (Wildman–Crippen LogP) is 3.07. The second-order valence-electron chi connectivity index (χ2n) is 6.01. The number of thioether (sulfide) groups is 1. The van der Waals surface area contributed by atoms with Gasteiger partial charge < -0.3 is 5.73 Å². The second kappa shape index (κ2) is 7.42. The zero-order valence-electron chi connectivity index (χ0n) is 14.8. The molecule has 0 aromatic carbocycles. The van der Waals surface area contributed by atoms with Gasteiger partial charge in [-0.05, 0) is 40.2 Å². The van der Waals surface area contributed by atoms with E-state index in [1.807, 2.05) is 33.8 Å². The van der Waals surface area contributed by atoms with Crippen molar-refractivity contribution < 1.29 is 4.79 Å². The van der Waals surface area contributed by atoms with Gasteiger partial charge in [-0.15, -0.1) is 11.3 Å². The number of nitriles is 1. The highest BCUT2D eigenvalue weighted by molar-refractivity contribution is 7.99. The number of thiophene rings is 1. The van der Waals surface area contributed by atoms with Gasteiger partial charge in [0.15, 0.2) is 10.9 Å². The zero-order chi connectivity index (χ0) is 18.9. The van der Waals surface area contributed by atoms with E-state index in [1.165, 1.54) is 18.3 Å². The minimum atomic E-state index is -0.365. The molecule has 0 aliphatic rings. The summed E-state index contributed by atoms with van der Waals surface area (Å²) in [5, 5.41) is 10.2. The fourth-order valence-corrected chi connectivity index (χ4v) is 4.49. The SMILES string of the molecule is C/C(N)=C(/C#N)C(=O)CSc1nc2sc(C)c(C)c2c(=O)n1C(C)C. The van der Waals surface area contributed by atoms with Crippen LogP contribution in [0.15, 0.2) is 21.2 Å². The van der Waals surface area contributed by atoms with Crippen molar-refractivity contribution in [3.05, 3.63) is 32.1 Å². The molecule has 0 atom stereocenters. The molecule has 0 amide bonds. The van der Waals surface area contributed by atoms with E-state index in [-0.39, 0.29) is 34.4 Å². The van der Waals surface area contributed by atoms with Gasteiger partial charge in [-0.1, -0.05) is 11.8 Å². The van der Waals surface area contributed by atoms with Crippen molar-refractivity contribution in [3.8, 4) is 6.07 Å². The summed E-state index contributed by atoms with van der Waals surface area (Å²) in [5.41, 5.74) is 6.58. The van der Waals surface area contributed by atoms with Gasteiger partial charge in [0.25, 0.3) is 5.56 Å². The highest BCUT2D eigenvalue weighted by Gasteiger charge is 2.20. The molecular weight excluding hydrogens is 356 g/mol. The topological polar surface area (TPSA) is 102 Å². The summed E-state index contributed by atoms with van der Waals surface area (Å²) in [6, 6.07) is 1.74. The lowest BCUT2D eigenvalue weighted by atomic mass is 10.2. The molecule has 0 aliphatic heterocycles. The van der Waals surface area contributed by atoms with Gasteiger partial charge in [0, 0.05) is 16.6 Å². The van der Waals surface area contributed by atoms with E-state index in [2.05, 4.69) is 4.98 Å². The highest BCUT2D eigenvalue weighted by Crippen LogP contribution is 2.29. The molecular formula is C17H20N4O2S2. The lowest BCUT2D eigenvalue weighted by Gasteiger charge is -2.15. The first-order valence-corrected chi connectivity index (χ1v) is 9.53. The summed E-state index contributed by atoms with van der Waals surface area (Å²) in [6.07, 6.45) is 0. The summed E-state index contributed by atoms with van der Waals surface area (Å²) in [4.78, 5) is 31.4. The molecule has 8 heteroatoms. The van der Waals surface area contributed by atoms with Crippen molar-refractivity contribution >= 4 is 39.1 Å². The third-order valence-corrected chi connectivity index (χ3v) is 5.89. The fraction of sp³-hybridized carbons (Fsp3) is 0.412. The second-order valence-corrected chi connectivity index (χ2v) is 8.15. The molecule has 0 aliphatic carbocycles. The molecule has 25 heavy (non-hydrogen) atoms. The number of allylic oxidation sites excluding steroid dienone is 2. The monoisotopic (exact) mass is 376 g/mol. The number of hydrogen-bond acceptors (Lipinski definition) is 7. The largest absolute Gasteiger partial charge is 0.401 e. The van der Waals surface area contributed by atoms with Gasteiger partial charge in [-0.3, -0.25) is 14.2 Å². The Bertz CT molecular complexity index is 973. The Morgan fingerprint density at radius 1 is 1.44 bits per heavy atom. The molecule has 2 N–H and O–H groups in total. The van der Waals surface area contributed by atoms with E-state index < -0.39 is 0 Å². The Hall–Kier alpha value is -2.11. The van der Waals surface area contributed by atoms with Gasteiger partial charge in [-0.25, -0.2) is 4.98 Å². The molecule has 0 bridgehead atoms. The summed E-state index contributed by atoms with van der Waals surface area (Å²) >= 11 is 2.63. The quantitative estimate of drug-likeness (QED) is 0.372. The van der Waals surface area contributed by atoms with Crippen LogP contribution in [-0.2, 0) is 4.79 Å². The number of aryl methyl sites for hydroxylation is 2. The van der Waals surface area contributed by atoms with Crippen LogP contribution in [0.4, 0.5) is 0 Å². The van der Waals surface area contributed by atoms with Crippen LogP contribution < -0.4 is 11.3 Å². The van der Waals surface area contributed by atoms with Crippen molar-refractivity contribution in [2.75, 3.05) is 5.75 Å². The molecule has 2 heterocycles. The normalized spacial score (nSPS) is 12.4. The Labute approximate surface area is 154 Å². The van der Waals surface area contributed by atoms with Crippen LogP contribution in [0.3, 0.4) is 0 Å². The minimum absolute atomic E-state index is 0.00540. The maximum atomic E-state index is 12.9. The van der Waals surface area contributed by atoms with Gasteiger partial charge in [0.05, 0.1) is 11.1 Å². The van der Waals surface area contributed by atoms with Crippen LogP contribution in [0.1, 0.15) is 37.3 Å². The number of fused-ring (bicyclic) bond motifs is 1. The molecule has 132 valence electrons. The fourth-order valence-electron chi connectivity index (χ4n) is 2.42. The highest BCUT2D eigenvalue weighted by atomic mass is 32.2. The first kappa shape index (κ1) is 19.2. The van der Waals surface area contributed by atoms with E-state index in [9.17, 15) is 9.59 Å². The number of hydrogen-bond donors (Lipinski definition) is 1. The zero-order valence-corrected chi connectivity index (χ0v) is 16.5. The summed E-state index contributed by atoms with van der Waals surface area (Å²) < 4.78 is 1.60. The van der Waals surface area contributed by atoms with E-state index >= 15 is 0 Å². The smallest absolute Gasteiger partial charge is 0.263 e. The minimum Gasteiger partial charge on any atom is -0.401 e. The number of carbonyl (C=O) groups excluding carboxylic acids is 1. The standard InChI is InChI=1S/C17H20N4O2S2/c1-8(2)21-16(23)14-9(3)11(5)25-15(14)20-17(21)24-7-13(22)12(6-18)10(4)19/h8H,7,19H2,1-5H3/b12-10+. The van der Waals surface area contributed by atoms with Crippen LogP contribution in [-0.4, -0.2) is 21.1 Å². The maximum Gasteiger partial charge on any atom is 0.263 e. The van der Waals surface area contributed by atoms with Gasteiger partial charge in [0.1, 0.15) is 16.5 Å². The molecule has 2 aromatic rings. The van der Waals surface area contributed by atoms with Gasteiger partial charge >= 0.3 is 0 Å². The number of carbonyl (C=O) groups is 1. The lowest BCUT2D eigenvalue weighted by Crippen LogP contribution is -2.25. The lowest BCUT2D eigenvalue weighted by molar-refractivity contribution is -0.112. The molecule has 0 saturated carbocycles. The average Bonchev–Trinajstić information content (AvgIpc) is 2.80. The molecule has 2 rings (SSSR count).